The molecule has 3 unspecified atom stereocenters. The third-order valence-corrected chi connectivity index (χ3v) is 5.44. The van der Waals surface area contributed by atoms with Crippen molar-refractivity contribution in [2.45, 2.75) is 24.1 Å². The normalized spacial score (nSPS) is 34.1. The van der Waals surface area contributed by atoms with Gasteiger partial charge in [0.15, 0.2) is 0 Å². The molecule has 1 saturated carbocycles. The van der Waals surface area contributed by atoms with Crippen molar-refractivity contribution in [1.82, 2.24) is 5.09 Å². The molecule has 66 valence electrons. The van der Waals surface area contributed by atoms with Crippen LogP contribution in [0.3, 0.4) is 0 Å². The molecule has 3 atom stereocenters. The van der Waals surface area contributed by atoms with E-state index in [9.17, 15) is 0 Å². The maximum atomic E-state index is 3.74. The zero-order valence-corrected chi connectivity index (χ0v) is 9.79. The highest BCUT2D eigenvalue weighted by atomic mass is 79.9. The molecule has 0 bridgehead atoms. The quantitative estimate of drug-likeness (QED) is 0.588. The van der Waals surface area contributed by atoms with E-state index in [1.54, 1.807) is 0 Å². The molecule has 0 heterocycles. The smallest absolute Gasteiger partial charge is 0.0177 e. The summed E-state index contributed by atoms with van der Waals surface area (Å²) in [6, 6.07) is 0. The first-order chi connectivity index (χ1) is 5.24. The first-order valence-electron chi connectivity index (χ1n) is 4.26. The van der Waals surface area contributed by atoms with Crippen molar-refractivity contribution in [3.63, 3.8) is 0 Å². The van der Waals surface area contributed by atoms with Crippen molar-refractivity contribution >= 4 is 24.0 Å². The van der Waals surface area contributed by atoms with Crippen molar-refractivity contribution in [2.75, 3.05) is 19.9 Å². The summed E-state index contributed by atoms with van der Waals surface area (Å²) in [4.78, 5) is 0.806. The average Bonchev–Trinajstić information content (AvgIpc) is 2.37. The molecule has 1 rings (SSSR count). The molecule has 1 aliphatic carbocycles. The fourth-order valence-corrected chi connectivity index (χ4v) is 4.03. The Morgan fingerprint density at radius 2 is 2.27 bits per heavy atom. The highest BCUT2D eigenvalue weighted by molar-refractivity contribution is 9.09. The van der Waals surface area contributed by atoms with E-state index in [1.165, 1.54) is 25.4 Å². The van der Waals surface area contributed by atoms with Gasteiger partial charge in [0.2, 0.25) is 0 Å². The van der Waals surface area contributed by atoms with E-state index in [2.05, 4.69) is 34.7 Å². The lowest BCUT2D eigenvalue weighted by molar-refractivity contribution is 0.636. The van der Waals surface area contributed by atoms with Gasteiger partial charge in [-0.2, -0.15) is 0 Å². The minimum Gasteiger partial charge on any atom is -0.299 e. The van der Waals surface area contributed by atoms with Crippen LogP contribution in [0.25, 0.3) is 0 Å². The van der Waals surface area contributed by atoms with Crippen molar-refractivity contribution in [2.24, 2.45) is 5.92 Å². The van der Waals surface area contributed by atoms with E-state index in [0.29, 0.717) is 0 Å². The standard InChI is InChI=1S/C8H17BrNP/c1-10-11(2)6-7-4-3-5-8(7)9/h7-8,10H,3-6H2,1-2H3. The molecule has 0 aromatic rings. The number of halogens is 1. The third-order valence-electron chi connectivity index (χ3n) is 2.46. The second-order valence-electron chi connectivity index (χ2n) is 3.31. The molecule has 1 nitrogen and oxygen atoms in total. The Labute approximate surface area is 79.3 Å². The van der Waals surface area contributed by atoms with E-state index in [-0.39, 0.29) is 8.07 Å². The largest absolute Gasteiger partial charge is 0.299 e. The van der Waals surface area contributed by atoms with Crippen LogP contribution in [0.15, 0.2) is 0 Å². The lowest BCUT2D eigenvalue weighted by atomic mass is 10.1. The molecule has 0 aromatic carbocycles. The van der Waals surface area contributed by atoms with Gasteiger partial charge in [-0.3, -0.25) is 5.09 Å². The van der Waals surface area contributed by atoms with E-state index >= 15 is 0 Å². The molecular weight excluding hydrogens is 221 g/mol. The average molecular weight is 238 g/mol. The summed E-state index contributed by atoms with van der Waals surface area (Å²) in [6.07, 6.45) is 5.64. The predicted octanol–water partition coefficient (Wildman–Crippen LogP) is 2.80. The predicted molar refractivity (Wildman–Crippen MR) is 56.8 cm³/mol. The Balaban J connectivity index is 2.24. The van der Waals surface area contributed by atoms with Gasteiger partial charge in [0.05, 0.1) is 0 Å². The van der Waals surface area contributed by atoms with Crippen LogP contribution in [0.4, 0.5) is 0 Å². The third kappa shape index (κ3) is 3.01. The molecule has 0 amide bonds. The first kappa shape index (κ1) is 9.95. The molecule has 0 radical (unpaired) electrons. The number of nitrogens with one attached hydrogen (secondary N) is 1. The molecule has 3 heteroatoms. The van der Waals surface area contributed by atoms with Gasteiger partial charge in [0, 0.05) is 4.83 Å². The van der Waals surface area contributed by atoms with Crippen LogP contribution in [0.5, 0.6) is 0 Å². The number of hydrogen-bond acceptors (Lipinski definition) is 1. The van der Waals surface area contributed by atoms with Gasteiger partial charge >= 0.3 is 0 Å². The van der Waals surface area contributed by atoms with Gasteiger partial charge in [-0.05, 0) is 46.7 Å². The van der Waals surface area contributed by atoms with Crippen molar-refractivity contribution in [1.29, 1.82) is 0 Å². The Morgan fingerprint density at radius 3 is 2.73 bits per heavy atom. The van der Waals surface area contributed by atoms with Crippen LogP contribution in [-0.4, -0.2) is 24.7 Å². The summed E-state index contributed by atoms with van der Waals surface area (Å²) in [5.74, 6) is 0.943. The van der Waals surface area contributed by atoms with Crippen molar-refractivity contribution < 1.29 is 0 Å². The van der Waals surface area contributed by atoms with E-state index in [1.807, 2.05) is 0 Å². The van der Waals surface area contributed by atoms with Gasteiger partial charge < -0.3 is 0 Å². The van der Waals surface area contributed by atoms with Crippen LogP contribution in [0, 0.1) is 5.92 Å². The highest BCUT2D eigenvalue weighted by Crippen LogP contribution is 2.38. The Bertz CT molecular complexity index is 121. The van der Waals surface area contributed by atoms with Gasteiger partial charge in [0.1, 0.15) is 0 Å². The van der Waals surface area contributed by atoms with Crippen molar-refractivity contribution in [3.05, 3.63) is 0 Å². The highest BCUT2D eigenvalue weighted by Gasteiger charge is 2.25. The number of alkyl halides is 1. The van der Waals surface area contributed by atoms with Crippen molar-refractivity contribution in [3.8, 4) is 0 Å². The summed E-state index contributed by atoms with van der Waals surface area (Å²) < 4.78 is 0. The Morgan fingerprint density at radius 1 is 1.55 bits per heavy atom. The number of hydrogen-bond donors (Lipinski definition) is 1. The molecule has 1 fully saturated rings. The van der Waals surface area contributed by atoms with Crippen LogP contribution in [-0.2, 0) is 0 Å². The minimum atomic E-state index is 0.104. The lowest BCUT2D eigenvalue weighted by Gasteiger charge is -2.18. The van der Waals surface area contributed by atoms with E-state index in [4.69, 9.17) is 0 Å². The van der Waals surface area contributed by atoms with Gasteiger partial charge in [-0.25, -0.2) is 0 Å². The topological polar surface area (TPSA) is 12.0 Å². The second-order valence-corrected chi connectivity index (χ2v) is 6.70. The molecule has 1 aliphatic rings. The van der Waals surface area contributed by atoms with Crippen LogP contribution in [0.2, 0.25) is 0 Å². The fraction of sp³-hybridized carbons (Fsp3) is 1.00. The maximum Gasteiger partial charge on any atom is 0.0177 e. The Hall–Kier alpha value is 0.870. The molecule has 0 saturated heterocycles. The summed E-state index contributed by atoms with van der Waals surface area (Å²) in [5, 5.41) is 3.36. The molecule has 11 heavy (non-hydrogen) atoms. The number of rotatable bonds is 3. The van der Waals surface area contributed by atoms with Crippen LogP contribution < -0.4 is 5.09 Å². The first-order valence-corrected chi connectivity index (χ1v) is 7.15. The molecule has 0 aromatic heterocycles. The summed E-state index contributed by atoms with van der Waals surface area (Å²) in [6.45, 7) is 2.33. The molecule has 0 spiro atoms. The minimum absolute atomic E-state index is 0.104. The zero-order chi connectivity index (χ0) is 8.27. The van der Waals surface area contributed by atoms with Crippen LogP contribution >= 0.6 is 24.0 Å². The fourth-order valence-electron chi connectivity index (χ4n) is 1.64. The van der Waals surface area contributed by atoms with Gasteiger partial charge in [0.25, 0.3) is 0 Å². The van der Waals surface area contributed by atoms with Gasteiger partial charge in [-0.1, -0.05) is 22.4 Å². The SMILES string of the molecule is CNP(C)CC1CCCC1Br. The summed E-state index contributed by atoms with van der Waals surface area (Å²) in [5.41, 5.74) is 0. The molecule has 1 N–H and O–H groups in total. The Kier molecular flexibility index (Phi) is 4.33. The lowest BCUT2D eigenvalue weighted by Crippen LogP contribution is -2.13. The van der Waals surface area contributed by atoms with E-state index < -0.39 is 0 Å². The molecule has 0 aliphatic heterocycles. The van der Waals surface area contributed by atoms with E-state index in [0.717, 1.165) is 10.7 Å². The maximum absolute atomic E-state index is 3.74. The monoisotopic (exact) mass is 237 g/mol. The summed E-state index contributed by atoms with van der Waals surface area (Å²) >= 11 is 3.74. The van der Waals surface area contributed by atoms with Gasteiger partial charge in [-0.15, -0.1) is 0 Å². The summed E-state index contributed by atoms with van der Waals surface area (Å²) in [7, 11) is 2.18. The zero-order valence-electron chi connectivity index (χ0n) is 7.31. The van der Waals surface area contributed by atoms with Crippen LogP contribution in [0.1, 0.15) is 19.3 Å². The molecular formula is C8H17BrNP. The second kappa shape index (κ2) is 4.79.